The van der Waals surface area contributed by atoms with Gasteiger partial charge in [0, 0.05) is 30.5 Å². The van der Waals surface area contributed by atoms with Crippen LogP contribution in [0.25, 0.3) is 11.3 Å². The van der Waals surface area contributed by atoms with Gasteiger partial charge in [-0.25, -0.2) is 14.4 Å². The smallest absolute Gasteiger partial charge is 0.291 e. The Bertz CT molecular complexity index is 1200. The number of aromatic amines is 1. The lowest BCUT2D eigenvalue weighted by molar-refractivity contribution is -0.117. The van der Waals surface area contributed by atoms with Gasteiger partial charge in [-0.3, -0.25) is 9.59 Å². The van der Waals surface area contributed by atoms with Gasteiger partial charge >= 0.3 is 0 Å². The summed E-state index contributed by atoms with van der Waals surface area (Å²) >= 11 is 0. The number of H-pyrrole nitrogens is 1. The molecule has 2 amide bonds. The van der Waals surface area contributed by atoms with Crippen molar-refractivity contribution < 1.29 is 18.7 Å². The maximum atomic E-state index is 14.9. The van der Waals surface area contributed by atoms with Crippen LogP contribution in [0.5, 0.6) is 5.75 Å². The Hall–Kier alpha value is -3.89. The van der Waals surface area contributed by atoms with E-state index in [2.05, 4.69) is 30.5 Å². The molecule has 5 rings (SSSR count). The molecule has 1 aromatic carbocycles. The first kappa shape index (κ1) is 21.9. The van der Waals surface area contributed by atoms with Gasteiger partial charge in [0.1, 0.15) is 30.3 Å². The van der Waals surface area contributed by atoms with Gasteiger partial charge in [-0.2, -0.15) is 0 Å². The second kappa shape index (κ2) is 9.16. The lowest BCUT2D eigenvalue weighted by Crippen LogP contribution is -2.49. The minimum atomic E-state index is -1.33. The highest BCUT2D eigenvalue weighted by Crippen LogP contribution is 2.31. The van der Waals surface area contributed by atoms with Crippen molar-refractivity contribution in [1.82, 2.24) is 30.0 Å². The Kier molecular flexibility index (Phi) is 5.91. The predicted octanol–water partition coefficient (Wildman–Crippen LogP) is 2.55. The van der Waals surface area contributed by atoms with Crippen molar-refractivity contribution in [2.24, 2.45) is 5.92 Å². The molecule has 3 aromatic rings. The molecule has 0 unspecified atom stereocenters. The fraction of sp³-hybridized carbons (Fsp3) is 0.391. The summed E-state index contributed by atoms with van der Waals surface area (Å²) in [6, 6.07) is 7.26. The molecule has 2 aromatic heterocycles. The van der Waals surface area contributed by atoms with Crippen LogP contribution in [0.4, 0.5) is 10.2 Å². The summed E-state index contributed by atoms with van der Waals surface area (Å²) in [5, 5.41) is 10.1. The predicted molar refractivity (Wildman–Crippen MR) is 120 cm³/mol. The summed E-state index contributed by atoms with van der Waals surface area (Å²) in [5.41, 5.74) is 2.32. The van der Waals surface area contributed by atoms with Crippen molar-refractivity contribution in [3.63, 3.8) is 0 Å². The van der Waals surface area contributed by atoms with Gasteiger partial charge in [-0.1, -0.05) is 0 Å². The zero-order valence-corrected chi connectivity index (χ0v) is 18.6. The van der Waals surface area contributed by atoms with Crippen LogP contribution in [-0.2, 0) is 4.79 Å². The molecule has 2 N–H and O–H groups in total. The summed E-state index contributed by atoms with van der Waals surface area (Å²) in [7, 11) is 0. The van der Waals surface area contributed by atoms with Gasteiger partial charge in [-0.05, 0) is 43.5 Å². The zero-order chi connectivity index (χ0) is 23.7. The third-order valence-electron chi connectivity index (χ3n) is 6.00. The SMILES string of the molecule is Cc1cc(-c2cc(NC(=O)C3CC3)ncn2)ccc1O[C@H]1CCN(C(=O)c2nnc[nH]2)C[C@H]1F. The summed E-state index contributed by atoms with van der Waals surface area (Å²) in [5.74, 6) is 0.826. The van der Waals surface area contributed by atoms with Crippen LogP contribution in [0.15, 0.2) is 36.9 Å². The van der Waals surface area contributed by atoms with Crippen LogP contribution in [0.1, 0.15) is 35.4 Å². The molecule has 1 aliphatic carbocycles. The monoisotopic (exact) mass is 465 g/mol. The normalized spacial score (nSPS) is 20.1. The van der Waals surface area contributed by atoms with Crippen LogP contribution in [0.2, 0.25) is 0 Å². The number of rotatable bonds is 6. The number of benzene rings is 1. The number of ether oxygens (including phenoxy) is 1. The van der Waals surface area contributed by atoms with Gasteiger partial charge in [0.2, 0.25) is 11.7 Å². The summed E-state index contributed by atoms with van der Waals surface area (Å²) in [4.78, 5) is 36.9. The number of carbonyl (C=O) groups is 2. The number of nitrogens with one attached hydrogen (secondary N) is 2. The number of aromatic nitrogens is 5. The van der Waals surface area contributed by atoms with Gasteiger partial charge in [-0.15, -0.1) is 10.2 Å². The zero-order valence-electron chi connectivity index (χ0n) is 18.6. The molecular formula is C23H24FN7O3. The van der Waals surface area contributed by atoms with Crippen LogP contribution < -0.4 is 10.1 Å². The van der Waals surface area contributed by atoms with Gasteiger partial charge in [0.05, 0.1) is 12.2 Å². The molecule has 34 heavy (non-hydrogen) atoms. The molecule has 2 atom stereocenters. The standard InChI is InChI=1S/C23H24FN7O3/c1-13-8-15(17-9-20(26-11-25-17)29-22(32)14-2-3-14)4-5-18(13)34-19-6-7-31(10-16(19)24)23(33)21-27-12-28-30-21/h4-5,8-9,11-12,14,16,19H,2-3,6-7,10H2,1H3,(H,27,28,30)(H,25,26,29,32)/t16-,19+/m1/s1. The Labute approximate surface area is 195 Å². The van der Waals surface area contributed by atoms with Crippen molar-refractivity contribution in [3.05, 3.63) is 48.3 Å². The summed E-state index contributed by atoms with van der Waals surface area (Å²) in [6.07, 6.45) is 2.93. The molecule has 0 bridgehead atoms. The molecule has 11 heteroatoms. The maximum absolute atomic E-state index is 14.9. The Balaban J connectivity index is 1.23. The second-order valence-corrected chi connectivity index (χ2v) is 8.58. The Morgan fingerprint density at radius 1 is 1.21 bits per heavy atom. The second-order valence-electron chi connectivity index (χ2n) is 8.58. The van der Waals surface area contributed by atoms with Gasteiger partial charge < -0.3 is 19.9 Å². The highest BCUT2D eigenvalue weighted by molar-refractivity contribution is 5.93. The molecule has 3 heterocycles. The number of anilines is 1. The van der Waals surface area contributed by atoms with Crippen LogP contribution in [0, 0.1) is 12.8 Å². The van der Waals surface area contributed by atoms with Crippen molar-refractivity contribution >= 4 is 17.6 Å². The third kappa shape index (κ3) is 4.73. The van der Waals surface area contributed by atoms with Crippen molar-refractivity contribution in [1.29, 1.82) is 0 Å². The first-order valence-electron chi connectivity index (χ1n) is 11.2. The lowest BCUT2D eigenvalue weighted by Gasteiger charge is -2.34. The Morgan fingerprint density at radius 3 is 2.76 bits per heavy atom. The number of nitrogens with zero attached hydrogens (tertiary/aromatic N) is 5. The largest absolute Gasteiger partial charge is 0.487 e. The van der Waals surface area contributed by atoms with E-state index in [0.29, 0.717) is 30.2 Å². The van der Waals surface area contributed by atoms with Crippen LogP contribution in [0.3, 0.4) is 0 Å². The average molecular weight is 465 g/mol. The van der Waals surface area contributed by atoms with E-state index >= 15 is 0 Å². The number of likely N-dealkylation sites (tertiary alicyclic amines) is 1. The van der Waals surface area contributed by atoms with Gasteiger partial charge in [0.25, 0.3) is 5.91 Å². The number of amides is 2. The van der Waals surface area contributed by atoms with E-state index in [-0.39, 0.29) is 30.1 Å². The number of alkyl halides is 1. The fourth-order valence-electron chi connectivity index (χ4n) is 3.92. The number of carbonyl (C=O) groups excluding carboxylic acids is 2. The quantitative estimate of drug-likeness (QED) is 0.573. The summed E-state index contributed by atoms with van der Waals surface area (Å²) in [6.45, 7) is 2.17. The molecule has 2 fully saturated rings. The molecule has 1 saturated carbocycles. The topological polar surface area (TPSA) is 126 Å². The van der Waals surface area contributed by atoms with Crippen LogP contribution >= 0.6 is 0 Å². The van der Waals surface area contributed by atoms with E-state index in [1.807, 2.05) is 19.1 Å². The highest BCUT2D eigenvalue weighted by atomic mass is 19.1. The molecule has 176 valence electrons. The lowest BCUT2D eigenvalue weighted by atomic mass is 10.0. The summed E-state index contributed by atoms with van der Waals surface area (Å²) < 4.78 is 20.8. The third-order valence-corrected chi connectivity index (χ3v) is 6.00. The van der Waals surface area contributed by atoms with Gasteiger partial charge in [0.15, 0.2) is 6.17 Å². The van der Waals surface area contributed by atoms with E-state index < -0.39 is 12.3 Å². The van der Waals surface area contributed by atoms with Crippen molar-refractivity contribution in [2.45, 2.75) is 38.5 Å². The van der Waals surface area contributed by atoms with E-state index in [9.17, 15) is 14.0 Å². The van der Waals surface area contributed by atoms with E-state index in [0.717, 1.165) is 24.0 Å². The van der Waals surface area contributed by atoms with E-state index in [1.54, 1.807) is 12.1 Å². The maximum Gasteiger partial charge on any atom is 0.291 e. The molecule has 1 saturated heterocycles. The first-order chi connectivity index (χ1) is 16.5. The Morgan fingerprint density at radius 2 is 2.06 bits per heavy atom. The fourth-order valence-corrected chi connectivity index (χ4v) is 3.92. The number of aryl methyl sites for hydroxylation is 1. The first-order valence-corrected chi connectivity index (χ1v) is 11.2. The molecule has 2 aliphatic rings. The van der Waals surface area contributed by atoms with Crippen molar-refractivity contribution in [2.75, 3.05) is 18.4 Å². The van der Waals surface area contributed by atoms with Crippen LogP contribution in [-0.4, -0.2) is 67.2 Å². The number of hydrogen-bond donors (Lipinski definition) is 2. The van der Waals surface area contributed by atoms with E-state index in [1.165, 1.54) is 17.6 Å². The number of hydrogen-bond acceptors (Lipinski definition) is 7. The average Bonchev–Trinajstić information content (AvgIpc) is 3.55. The highest BCUT2D eigenvalue weighted by Gasteiger charge is 2.34. The number of halogens is 1. The molecule has 0 spiro atoms. The minimum Gasteiger partial charge on any atom is -0.487 e. The van der Waals surface area contributed by atoms with Crippen molar-refractivity contribution in [3.8, 4) is 17.0 Å². The molecular weight excluding hydrogens is 441 g/mol. The minimum absolute atomic E-state index is 0.0149. The number of piperidine rings is 1. The molecule has 1 aliphatic heterocycles. The van der Waals surface area contributed by atoms with E-state index in [4.69, 9.17) is 4.74 Å². The molecule has 10 nitrogen and oxygen atoms in total. The molecule has 0 radical (unpaired) electrons.